The number of rotatable bonds is 9. The number of ether oxygens (including phenoxy) is 3. The second-order valence-electron chi connectivity index (χ2n) is 11.2. The molecule has 2 aliphatic heterocycles. The Labute approximate surface area is 205 Å². The Kier molecular flexibility index (Phi) is 8.79. The molecule has 0 radical (unpaired) electrons. The van der Waals surface area contributed by atoms with Crippen molar-refractivity contribution in [1.29, 1.82) is 0 Å². The maximum absolute atomic E-state index is 12.7. The first-order valence-corrected chi connectivity index (χ1v) is 15.4. The van der Waals surface area contributed by atoms with Gasteiger partial charge in [0.05, 0.1) is 37.9 Å². The van der Waals surface area contributed by atoms with Crippen molar-refractivity contribution in [3.05, 3.63) is 47.7 Å². The van der Waals surface area contributed by atoms with E-state index >= 15 is 0 Å². The van der Waals surface area contributed by atoms with Crippen molar-refractivity contribution >= 4 is 14.1 Å². The van der Waals surface area contributed by atoms with Crippen molar-refractivity contribution in [1.82, 2.24) is 0 Å². The van der Waals surface area contributed by atoms with Crippen LogP contribution in [-0.4, -0.2) is 49.9 Å². The zero-order chi connectivity index (χ0) is 25.0. The summed E-state index contributed by atoms with van der Waals surface area (Å²) in [6, 6.07) is 10.0. The molecule has 0 aromatic heterocycles. The Morgan fingerprint density at radius 3 is 2.59 bits per heavy atom. The molecule has 2 aliphatic rings. The third-order valence-corrected chi connectivity index (χ3v) is 11.7. The highest BCUT2D eigenvalue weighted by molar-refractivity contribution is 6.74. The van der Waals surface area contributed by atoms with Gasteiger partial charge in [-0.25, -0.2) is 0 Å². The van der Waals surface area contributed by atoms with Crippen LogP contribution in [0.1, 0.15) is 65.4 Å². The summed E-state index contributed by atoms with van der Waals surface area (Å²) in [5.41, 5.74) is 1.10. The minimum absolute atomic E-state index is 0.0403. The third kappa shape index (κ3) is 7.25. The van der Waals surface area contributed by atoms with Gasteiger partial charge in [-0.15, -0.1) is 0 Å². The molecular formula is C27H42O6Si. The maximum Gasteiger partial charge on any atom is 0.220 e. The highest BCUT2D eigenvalue weighted by atomic mass is 28.4. The van der Waals surface area contributed by atoms with Crippen molar-refractivity contribution in [2.24, 2.45) is 0 Å². The quantitative estimate of drug-likeness (QED) is 0.461. The number of carbonyl (C=O) groups excluding carboxylic acids is 1. The molecule has 1 spiro atoms. The molecule has 1 N–H and O–H groups in total. The first-order valence-electron chi connectivity index (χ1n) is 12.5. The van der Waals surface area contributed by atoms with Gasteiger partial charge in [0, 0.05) is 25.3 Å². The lowest BCUT2D eigenvalue weighted by Gasteiger charge is -2.48. The fourth-order valence-electron chi connectivity index (χ4n) is 4.25. The van der Waals surface area contributed by atoms with Crippen molar-refractivity contribution < 1.29 is 28.5 Å². The van der Waals surface area contributed by atoms with E-state index in [4.69, 9.17) is 18.6 Å². The van der Waals surface area contributed by atoms with Crippen LogP contribution in [0.25, 0.3) is 0 Å². The summed E-state index contributed by atoms with van der Waals surface area (Å²) >= 11 is 0. The van der Waals surface area contributed by atoms with E-state index < -0.39 is 20.2 Å². The molecule has 1 aromatic carbocycles. The van der Waals surface area contributed by atoms with Crippen molar-refractivity contribution in [3.63, 3.8) is 0 Å². The minimum atomic E-state index is -2.04. The van der Waals surface area contributed by atoms with Crippen molar-refractivity contribution in [2.75, 3.05) is 6.61 Å². The first-order chi connectivity index (χ1) is 15.9. The number of hydrogen-bond donors (Lipinski definition) is 1. The fourth-order valence-corrected chi connectivity index (χ4v) is 5.61. The molecule has 0 amide bonds. The number of ketones is 1. The van der Waals surface area contributed by atoms with E-state index in [1.54, 1.807) is 0 Å². The molecule has 1 saturated heterocycles. The van der Waals surface area contributed by atoms with Gasteiger partial charge in [0.2, 0.25) is 5.79 Å². The van der Waals surface area contributed by atoms with Crippen LogP contribution < -0.4 is 0 Å². The van der Waals surface area contributed by atoms with Gasteiger partial charge in [-0.2, -0.15) is 0 Å². The Morgan fingerprint density at radius 1 is 1.24 bits per heavy atom. The van der Waals surface area contributed by atoms with E-state index in [9.17, 15) is 9.90 Å². The van der Waals surface area contributed by atoms with E-state index in [-0.39, 0.29) is 29.5 Å². The van der Waals surface area contributed by atoms with Gasteiger partial charge < -0.3 is 23.7 Å². The van der Waals surface area contributed by atoms with Crippen LogP contribution in [0, 0.1) is 0 Å². The molecule has 7 heteroatoms. The molecule has 4 atom stereocenters. The monoisotopic (exact) mass is 490 g/mol. The van der Waals surface area contributed by atoms with Crippen LogP contribution in [0.2, 0.25) is 18.1 Å². The molecule has 0 bridgehead atoms. The Morgan fingerprint density at radius 2 is 1.94 bits per heavy atom. The Hall–Kier alpha value is -1.51. The predicted molar refractivity (Wildman–Crippen MR) is 135 cm³/mol. The summed E-state index contributed by atoms with van der Waals surface area (Å²) in [7, 11) is -2.04. The molecule has 0 saturated carbocycles. The van der Waals surface area contributed by atoms with Gasteiger partial charge in [0.15, 0.2) is 14.1 Å². The fraction of sp³-hybridized carbons (Fsp3) is 0.667. The molecule has 3 rings (SSSR count). The van der Waals surface area contributed by atoms with E-state index in [0.29, 0.717) is 44.7 Å². The molecule has 190 valence electrons. The molecular weight excluding hydrogens is 448 g/mol. The van der Waals surface area contributed by atoms with Gasteiger partial charge >= 0.3 is 0 Å². The Balaban J connectivity index is 1.76. The summed E-state index contributed by atoms with van der Waals surface area (Å²) in [6.45, 7) is 14.0. The predicted octanol–water partition coefficient (Wildman–Crippen LogP) is 5.50. The summed E-state index contributed by atoms with van der Waals surface area (Å²) in [4.78, 5) is 12.7. The van der Waals surface area contributed by atoms with Gasteiger partial charge in [0.25, 0.3) is 0 Å². The summed E-state index contributed by atoms with van der Waals surface area (Å²) in [5, 5.41) is 10.2. The second kappa shape index (κ2) is 11.0. The van der Waals surface area contributed by atoms with E-state index in [0.717, 1.165) is 5.56 Å². The lowest BCUT2D eigenvalue weighted by molar-refractivity contribution is -0.288. The number of benzene rings is 1. The molecule has 0 aliphatic carbocycles. The highest BCUT2D eigenvalue weighted by Crippen LogP contribution is 2.43. The van der Waals surface area contributed by atoms with Crippen LogP contribution in [-0.2, 0) is 30.0 Å². The molecule has 1 unspecified atom stereocenters. The average molecular weight is 491 g/mol. The van der Waals surface area contributed by atoms with E-state index in [2.05, 4.69) is 33.9 Å². The van der Waals surface area contributed by atoms with Crippen LogP contribution in [0.4, 0.5) is 0 Å². The van der Waals surface area contributed by atoms with Crippen molar-refractivity contribution in [2.45, 2.75) is 109 Å². The van der Waals surface area contributed by atoms with E-state index in [1.165, 1.54) is 6.08 Å². The lowest BCUT2D eigenvalue weighted by Crippen LogP contribution is -2.55. The van der Waals surface area contributed by atoms with Gasteiger partial charge in [0.1, 0.15) is 5.76 Å². The zero-order valence-corrected chi connectivity index (χ0v) is 22.6. The van der Waals surface area contributed by atoms with E-state index in [1.807, 2.05) is 37.3 Å². The minimum Gasteiger partial charge on any atom is -0.466 e. The Bertz CT molecular complexity index is 846. The molecule has 1 aromatic rings. The topological polar surface area (TPSA) is 74.2 Å². The summed E-state index contributed by atoms with van der Waals surface area (Å²) in [5.74, 6) is -0.634. The largest absolute Gasteiger partial charge is 0.466 e. The van der Waals surface area contributed by atoms with Gasteiger partial charge in [-0.1, -0.05) is 58.0 Å². The standard InChI is InChI=1S/C27H42O6Si/c1-7-21(28)13-23-14-22(29)16-27(31-23)17-24(33-34(5,6)26(2,3)4)15-25(32-27)19-30-18-20-11-9-8-10-12-20/h8-12,14,21,24-25,28H,7,13,15-19H2,1-6H3/t21?,24-,25-,27-/m1/s1. The SMILES string of the molecule is CCC(O)CC1=CC(=O)C[C@@]2(C[C@H](O[Si](C)(C)C(C)(C)C)C[C@H](COCc3ccccc3)O2)O1. The molecule has 1 fully saturated rings. The molecule has 34 heavy (non-hydrogen) atoms. The maximum atomic E-state index is 12.7. The van der Waals surface area contributed by atoms with Gasteiger partial charge in [-0.3, -0.25) is 4.79 Å². The van der Waals surface area contributed by atoms with Gasteiger partial charge in [-0.05, 0) is 30.1 Å². The number of hydrogen-bond acceptors (Lipinski definition) is 6. The smallest absolute Gasteiger partial charge is 0.220 e. The number of allylic oxidation sites excluding steroid dienone is 1. The van der Waals surface area contributed by atoms with Crippen LogP contribution >= 0.6 is 0 Å². The lowest BCUT2D eigenvalue weighted by atomic mass is 9.92. The summed E-state index contributed by atoms with van der Waals surface area (Å²) < 4.78 is 25.6. The summed E-state index contributed by atoms with van der Waals surface area (Å²) in [6.07, 6.45) is 2.82. The first kappa shape index (κ1) is 27.1. The molecule has 6 nitrogen and oxygen atoms in total. The molecule has 2 heterocycles. The van der Waals surface area contributed by atoms with Crippen LogP contribution in [0.3, 0.4) is 0 Å². The van der Waals surface area contributed by atoms with Crippen LogP contribution in [0.5, 0.6) is 0 Å². The van der Waals surface area contributed by atoms with Crippen LogP contribution in [0.15, 0.2) is 42.2 Å². The highest BCUT2D eigenvalue weighted by Gasteiger charge is 2.50. The number of aliphatic hydroxyl groups excluding tert-OH is 1. The number of aliphatic hydroxyl groups is 1. The normalized spacial score (nSPS) is 26.8. The number of carbonyl (C=O) groups is 1. The zero-order valence-electron chi connectivity index (χ0n) is 21.6. The second-order valence-corrected chi connectivity index (χ2v) is 16.0. The average Bonchev–Trinajstić information content (AvgIpc) is 2.72. The third-order valence-electron chi connectivity index (χ3n) is 7.12. The van der Waals surface area contributed by atoms with Crippen molar-refractivity contribution in [3.8, 4) is 0 Å².